The van der Waals surface area contributed by atoms with Crippen molar-refractivity contribution >= 4 is 0 Å². The molecule has 16 heavy (non-hydrogen) atoms. The maximum absolute atomic E-state index is 6.04. The largest absolute Gasteiger partial charge is 0.371 e. The van der Waals surface area contributed by atoms with Gasteiger partial charge in [0.05, 0.1) is 11.7 Å². The Morgan fingerprint density at radius 1 is 1.38 bits per heavy atom. The zero-order chi connectivity index (χ0) is 11.8. The maximum Gasteiger partial charge on any atom is 0.0719 e. The van der Waals surface area contributed by atoms with Crippen molar-refractivity contribution in [2.75, 3.05) is 19.6 Å². The number of piperazine rings is 1. The van der Waals surface area contributed by atoms with Gasteiger partial charge in [0.1, 0.15) is 0 Å². The summed E-state index contributed by atoms with van der Waals surface area (Å²) in [6.45, 7) is 12.2. The highest BCUT2D eigenvalue weighted by atomic mass is 16.5. The van der Waals surface area contributed by atoms with Crippen molar-refractivity contribution in [1.82, 2.24) is 10.2 Å². The number of hydrogen-bond acceptors (Lipinski definition) is 3. The maximum atomic E-state index is 6.04. The molecule has 2 saturated heterocycles. The van der Waals surface area contributed by atoms with Crippen LogP contribution in [0.4, 0.5) is 0 Å². The zero-order valence-electron chi connectivity index (χ0n) is 11.1. The van der Waals surface area contributed by atoms with Crippen LogP contribution in [0.5, 0.6) is 0 Å². The van der Waals surface area contributed by atoms with Crippen LogP contribution in [0.15, 0.2) is 0 Å². The van der Waals surface area contributed by atoms with E-state index in [-0.39, 0.29) is 5.60 Å². The van der Waals surface area contributed by atoms with Gasteiger partial charge in [-0.2, -0.15) is 0 Å². The summed E-state index contributed by atoms with van der Waals surface area (Å²) >= 11 is 0. The van der Waals surface area contributed by atoms with Crippen LogP contribution in [-0.2, 0) is 4.74 Å². The van der Waals surface area contributed by atoms with Crippen LogP contribution in [0.1, 0.15) is 40.5 Å². The van der Waals surface area contributed by atoms with E-state index >= 15 is 0 Å². The van der Waals surface area contributed by atoms with Gasteiger partial charge in [0, 0.05) is 25.2 Å². The molecule has 0 aromatic carbocycles. The molecule has 1 N–H and O–H groups in total. The lowest BCUT2D eigenvalue weighted by atomic mass is 10.1. The third-order valence-corrected chi connectivity index (χ3v) is 3.65. The molecule has 0 aromatic heterocycles. The van der Waals surface area contributed by atoms with E-state index in [4.69, 9.17) is 4.74 Å². The molecule has 0 unspecified atom stereocenters. The summed E-state index contributed by atoms with van der Waals surface area (Å²) in [5.41, 5.74) is -0.0387. The normalized spacial score (nSPS) is 33.8. The molecule has 3 nitrogen and oxygen atoms in total. The van der Waals surface area contributed by atoms with Gasteiger partial charge in [-0.1, -0.05) is 0 Å². The summed E-state index contributed by atoms with van der Waals surface area (Å²) in [6, 6.07) is 1.28. The molecular formula is C13H26N2O. The van der Waals surface area contributed by atoms with Gasteiger partial charge in [0.2, 0.25) is 0 Å². The average Bonchev–Trinajstić information content (AvgIpc) is 2.61. The molecule has 2 rings (SSSR count). The van der Waals surface area contributed by atoms with E-state index in [1.165, 1.54) is 19.4 Å². The van der Waals surface area contributed by atoms with E-state index < -0.39 is 0 Å². The molecule has 3 heteroatoms. The molecule has 2 aliphatic rings. The van der Waals surface area contributed by atoms with Crippen LogP contribution in [0.3, 0.4) is 0 Å². The first-order valence-electron chi connectivity index (χ1n) is 6.61. The van der Waals surface area contributed by atoms with Gasteiger partial charge in [0.25, 0.3) is 0 Å². The van der Waals surface area contributed by atoms with Crippen LogP contribution >= 0.6 is 0 Å². The van der Waals surface area contributed by atoms with Crippen molar-refractivity contribution in [3.63, 3.8) is 0 Å². The molecule has 94 valence electrons. The van der Waals surface area contributed by atoms with E-state index in [9.17, 15) is 0 Å². The van der Waals surface area contributed by atoms with E-state index in [0.29, 0.717) is 12.1 Å². The monoisotopic (exact) mass is 226 g/mol. The van der Waals surface area contributed by atoms with Crippen molar-refractivity contribution in [2.24, 2.45) is 0 Å². The van der Waals surface area contributed by atoms with Crippen molar-refractivity contribution in [3.8, 4) is 0 Å². The number of nitrogens with one attached hydrogen (secondary N) is 1. The van der Waals surface area contributed by atoms with Gasteiger partial charge in [-0.15, -0.1) is 0 Å². The number of ether oxygens (including phenoxy) is 1. The third-order valence-electron chi connectivity index (χ3n) is 3.65. The lowest BCUT2D eigenvalue weighted by Crippen LogP contribution is -2.58. The molecule has 0 aromatic rings. The quantitative estimate of drug-likeness (QED) is 0.774. The van der Waals surface area contributed by atoms with E-state index in [1.807, 2.05) is 0 Å². The summed E-state index contributed by atoms with van der Waals surface area (Å²) in [6.07, 6.45) is 3.03. The minimum atomic E-state index is -0.0387. The predicted molar refractivity (Wildman–Crippen MR) is 66.7 cm³/mol. The summed E-state index contributed by atoms with van der Waals surface area (Å²) in [5, 5.41) is 3.65. The Balaban J connectivity index is 1.86. The van der Waals surface area contributed by atoms with Gasteiger partial charge in [-0.3, -0.25) is 4.90 Å². The Hall–Kier alpha value is -0.120. The highest BCUT2D eigenvalue weighted by Gasteiger charge is 2.34. The molecule has 2 aliphatic heterocycles. The fourth-order valence-electron chi connectivity index (χ4n) is 2.93. The lowest BCUT2D eigenvalue weighted by molar-refractivity contribution is -0.0755. The zero-order valence-corrected chi connectivity index (χ0v) is 11.1. The van der Waals surface area contributed by atoms with Crippen molar-refractivity contribution < 1.29 is 4.74 Å². The van der Waals surface area contributed by atoms with Gasteiger partial charge >= 0.3 is 0 Å². The Kier molecular flexibility index (Phi) is 3.57. The second kappa shape index (κ2) is 4.63. The topological polar surface area (TPSA) is 24.5 Å². The second-order valence-electron chi connectivity index (χ2n) is 6.24. The van der Waals surface area contributed by atoms with Crippen LogP contribution in [0, 0.1) is 0 Å². The van der Waals surface area contributed by atoms with Crippen LogP contribution in [0.2, 0.25) is 0 Å². The Morgan fingerprint density at radius 2 is 2.12 bits per heavy atom. The highest BCUT2D eigenvalue weighted by Crippen LogP contribution is 2.22. The first-order valence-corrected chi connectivity index (χ1v) is 6.61. The number of fused-ring (bicyclic) bond motifs is 1. The Labute approximate surface area is 99.5 Å². The minimum Gasteiger partial charge on any atom is -0.371 e. The molecular weight excluding hydrogens is 200 g/mol. The fraction of sp³-hybridized carbons (Fsp3) is 1.00. The molecule has 2 heterocycles. The Bertz CT molecular complexity index is 237. The molecule has 3 atom stereocenters. The summed E-state index contributed by atoms with van der Waals surface area (Å²) in [5.74, 6) is 0. The second-order valence-corrected chi connectivity index (χ2v) is 6.24. The first kappa shape index (κ1) is 12.3. The first-order chi connectivity index (χ1) is 7.46. The lowest BCUT2D eigenvalue weighted by Gasteiger charge is -2.40. The smallest absolute Gasteiger partial charge is 0.0719 e. The van der Waals surface area contributed by atoms with Crippen LogP contribution < -0.4 is 5.32 Å². The van der Waals surface area contributed by atoms with Crippen LogP contribution in [0.25, 0.3) is 0 Å². The van der Waals surface area contributed by atoms with Crippen LogP contribution in [-0.4, -0.2) is 48.3 Å². The number of hydrogen-bond donors (Lipinski definition) is 1. The molecule has 0 saturated carbocycles. The van der Waals surface area contributed by atoms with Crippen molar-refractivity contribution in [3.05, 3.63) is 0 Å². The van der Waals surface area contributed by atoms with E-state index in [1.54, 1.807) is 0 Å². The summed E-state index contributed by atoms with van der Waals surface area (Å²) in [7, 11) is 0. The minimum absolute atomic E-state index is 0.0387. The molecule has 0 spiro atoms. The number of rotatable bonds is 2. The van der Waals surface area contributed by atoms with E-state index in [0.717, 1.165) is 19.1 Å². The summed E-state index contributed by atoms with van der Waals surface area (Å²) in [4.78, 5) is 2.63. The average molecular weight is 226 g/mol. The standard InChI is InChI=1S/C13H26N2O/c1-10(16-13(2,3)4)12-9-15-7-5-6-11(15)8-14-12/h10-12,14H,5-9H2,1-4H3/t10-,11-,12-/m0/s1. The van der Waals surface area contributed by atoms with Crippen molar-refractivity contribution in [2.45, 2.75) is 64.3 Å². The van der Waals surface area contributed by atoms with E-state index in [2.05, 4.69) is 37.9 Å². The SMILES string of the molecule is C[C@H](OC(C)(C)C)[C@@H]1CN2CCC[C@H]2CN1. The third kappa shape index (κ3) is 2.96. The van der Waals surface area contributed by atoms with Gasteiger partial charge < -0.3 is 10.1 Å². The Morgan fingerprint density at radius 3 is 2.81 bits per heavy atom. The molecule has 0 aliphatic carbocycles. The summed E-state index contributed by atoms with van der Waals surface area (Å²) < 4.78 is 6.04. The predicted octanol–water partition coefficient (Wildman–Crippen LogP) is 1.63. The van der Waals surface area contributed by atoms with Gasteiger partial charge in [0.15, 0.2) is 0 Å². The molecule has 2 fully saturated rings. The highest BCUT2D eigenvalue weighted by molar-refractivity contribution is 4.92. The van der Waals surface area contributed by atoms with Crippen molar-refractivity contribution in [1.29, 1.82) is 0 Å². The van der Waals surface area contributed by atoms with Gasteiger partial charge in [-0.25, -0.2) is 0 Å². The number of nitrogens with zero attached hydrogens (tertiary/aromatic N) is 1. The van der Waals surface area contributed by atoms with Gasteiger partial charge in [-0.05, 0) is 47.1 Å². The molecule has 0 amide bonds. The fourth-order valence-corrected chi connectivity index (χ4v) is 2.93. The molecule has 0 radical (unpaired) electrons. The molecule has 0 bridgehead atoms.